The van der Waals surface area contributed by atoms with Gasteiger partial charge in [0.1, 0.15) is 11.3 Å². The van der Waals surface area contributed by atoms with Crippen molar-refractivity contribution in [3.8, 4) is 5.75 Å². The van der Waals surface area contributed by atoms with Gasteiger partial charge in [-0.3, -0.25) is 4.79 Å². The van der Waals surface area contributed by atoms with Crippen LogP contribution in [0.3, 0.4) is 0 Å². The maximum Gasteiger partial charge on any atom is 0.339 e. The first kappa shape index (κ1) is 17.8. The number of aromatic carboxylic acids is 1. The molecule has 0 radical (unpaired) electrons. The molecule has 0 aliphatic heterocycles. The van der Waals surface area contributed by atoms with Gasteiger partial charge in [-0.05, 0) is 47.9 Å². The molecule has 0 atom stereocenters. The summed E-state index contributed by atoms with van der Waals surface area (Å²) in [7, 11) is 0. The Labute approximate surface area is 145 Å². The monoisotopic (exact) mass is 344 g/mol. The van der Waals surface area contributed by atoms with Crippen molar-refractivity contribution in [3.63, 3.8) is 0 Å². The first-order chi connectivity index (χ1) is 11.5. The van der Waals surface area contributed by atoms with Gasteiger partial charge < -0.3 is 9.84 Å². The van der Waals surface area contributed by atoms with Gasteiger partial charge >= 0.3 is 5.97 Å². The van der Waals surface area contributed by atoms with Crippen LogP contribution in [0, 0.1) is 0 Å². The van der Waals surface area contributed by atoms with E-state index in [4.69, 9.17) is 16.3 Å². The minimum Gasteiger partial charge on any atom is -0.492 e. The molecule has 0 aromatic heterocycles. The summed E-state index contributed by atoms with van der Waals surface area (Å²) < 4.78 is 5.62. The van der Waals surface area contributed by atoms with Crippen LogP contribution in [0.2, 0.25) is 0 Å². The molecule has 4 nitrogen and oxygen atoms in total. The lowest BCUT2D eigenvalue weighted by molar-refractivity contribution is -0.108. The van der Waals surface area contributed by atoms with Gasteiger partial charge in [-0.1, -0.05) is 36.4 Å². The molecular weight excluding hydrogens is 328 g/mol. The fourth-order valence-electron chi connectivity index (χ4n) is 2.16. The van der Waals surface area contributed by atoms with E-state index < -0.39 is 11.2 Å². The molecular formula is C19H17ClO4. The van der Waals surface area contributed by atoms with Crippen LogP contribution < -0.4 is 4.74 Å². The number of allylic oxidation sites excluding steroid dienone is 1. The second-order valence-electron chi connectivity index (χ2n) is 5.25. The Balaban J connectivity index is 2.13. The lowest BCUT2D eigenvalue weighted by Gasteiger charge is -2.10. The van der Waals surface area contributed by atoms with Crippen molar-refractivity contribution in [3.05, 3.63) is 70.8 Å². The van der Waals surface area contributed by atoms with Crippen molar-refractivity contribution in [2.24, 2.45) is 0 Å². The first-order valence-corrected chi connectivity index (χ1v) is 7.77. The highest BCUT2D eigenvalue weighted by Gasteiger charge is 2.12. The fourth-order valence-corrected chi connectivity index (χ4v) is 2.22. The van der Waals surface area contributed by atoms with E-state index in [9.17, 15) is 14.7 Å². The van der Waals surface area contributed by atoms with Crippen LogP contribution in [0.1, 0.15) is 28.4 Å². The van der Waals surface area contributed by atoms with Crippen molar-refractivity contribution in [1.29, 1.82) is 0 Å². The molecule has 0 bridgehead atoms. The maximum absolute atomic E-state index is 11.4. The quantitative estimate of drug-likeness (QED) is 0.604. The average molecular weight is 345 g/mol. The zero-order chi connectivity index (χ0) is 17.5. The van der Waals surface area contributed by atoms with Crippen LogP contribution in [0.4, 0.5) is 0 Å². The summed E-state index contributed by atoms with van der Waals surface area (Å²) in [5, 5.41) is 8.78. The Kier molecular flexibility index (Phi) is 6.15. The van der Waals surface area contributed by atoms with E-state index in [2.05, 4.69) is 0 Å². The fraction of sp³-hybridized carbons (Fsp3) is 0.158. The van der Waals surface area contributed by atoms with Gasteiger partial charge in [0.25, 0.3) is 0 Å². The molecule has 0 saturated heterocycles. The smallest absolute Gasteiger partial charge is 0.339 e. The van der Waals surface area contributed by atoms with Gasteiger partial charge in [-0.2, -0.15) is 0 Å². The molecule has 0 spiro atoms. The third-order valence-corrected chi connectivity index (χ3v) is 3.72. The van der Waals surface area contributed by atoms with E-state index in [1.165, 1.54) is 12.1 Å². The maximum atomic E-state index is 11.4. The standard InChI is InChI=1S/C19H17ClO4/c1-13(18(20)21)11-15-7-8-17(16(12-15)19(22)23)24-10-9-14-5-3-2-4-6-14/h2-8,11-12H,9-10H2,1H3,(H,22,23)/b13-11-. The molecule has 24 heavy (non-hydrogen) atoms. The lowest BCUT2D eigenvalue weighted by Crippen LogP contribution is -2.06. The SMILES string of the molecule is C/C(=C/c1ccc(OCCc2ccccc2)c(C(=O)O)c1)C(=O)Cl. The van der Waals surface area contributed by atoms with Gasteiger partial charge in [0.2, 0.25) is 5.24 Å². The topological polar surface area (TPSA) is 63.6 Å². The number of halogens is 1. The Morgan fingerprint density at radius 1 is 1.17 bits per heavy atom. The third-order valence-electron chi connectivity index (χ3n) is 3.42. The van der Waals surface area contributed by atoms with Crippen LogP contribution in [0.5, 0.6) is 5.75 Å². The normalized spacial score (nSPS) is 11.2. The second kappa shape index (κ2) is 8.31. The molecule has 0 amide bonds. The molecule has 2 aromatic rings. The summed E-state index contributed by atoms with van der Waals surface area (Å²) in [6.45, 7) is 1.94. The third kappa shape index (κ3) is 4.96. The lowest BCUT2D eigenvalue weighted by atomic mass is 10.1. The van der Waals surface area contributed by atoms with Crippen molar-refractivity contribution in [2.45, 2.75) is 13.3 Å². The van der Waals surface area contributed by atoms with E-state index in [1.54, 1.807) is 19.1 Å². The van der Waals surface area contributed by atoms with Crippen LogP contribution in [0.25, 0.3) is 6.08 Å². The minimum atomic E-state index is -1.09. The molecule has 0 aliphatic carbocycles. The van der Waals surface area contributed by atoms with Gasteiger partial charge in [0, 0.05) is 12.0 Å². The summed E-state index contributed by atoms with van der Waals surface area (Å²) in [6.07, 6.45) is 2.22. The Morgan fingerprint density at radius 2 is 1.88 bits per heavy atom. The van der Waals surface area contributed by atoms with Crippen LogP contribution in [-0.4, -0.2) is 22.9 Å². The van der Waals surface area contributed by atoms with Gasteiger partial charge in [-0.15, -0.1) is 0 Å². The Hall–Kier alpha value is -2.59. The predicted octanol–water partition coefficient (Wildman–Crippen LogP) is 4.18. The van der Waals surface area contributed by atoms with Crippen LogP contribution in [-0.2, 0) is 11.2 Å². The van der Waals surface area contributed by atoms with E-state index >= 15 is 0 Å². The van der Waals surface area contributed by atoms with E-state index in [1.807, 2.05) is 30.3 Å². The number of ether oxygens (including phenoxy) is 1. The van der Waals surface area contributed by atoms with Crippen LogP contribution >= 0.6 is 11.6 Å². The second-order valence-corrected chi connectivity index (χ2v) is 5.59. The van der Waals surface area contributed by atoms with Crippen molar-refractivity contribution < 1.29 is 19.4 Å². The Morgan fingerprint density at radius 3 is 2.50 bits per heavy atom. The molecule has 0 unspecified atom stereocenters. The van der Waals surface area contributed by atoms with Gasteiger partial charge in [0.05, 0.1) is 6.61 Å². The molecule has 0 saturated carbocycles. The average Bonchev–Trinajstić information content (AvgIpc) is 2.56. The largest absolute Gasteiger partial charge is 0.492 e. The number of carboxylic acid groups (broad SMARTS) is 1. The van der Waals surface area contributed by atoms with Gasteiger partial charge in [0.15, 0.2) is 0 Å². The predicted molar refractivity (Wildman–Crippen MR) is 93.6 cm³/mol. The molecule has 0 fully saturated rings. The van der Waals surface area contributed by atoms with Crippen LogP contribution in [0.15, 0.2) is 54.1 Å². The molecule has 1 N–H and O–H groups in total. The zero-order valence-electron chi connectivity index (χ0n) is 13.2. The summed E-state index contributed by atoms with van der Waals surface area (Å²) in [5.41, 5.74) is 2.08. The van der Waals surface area contributed by atoms with Crippen molar-refractivity contribution in [2.75, 3.05) is 6.61 Å². The highest BCUT2D eigenvalue weighted by atomic mass is 35.5. The molecule has 5 heteroatoms. The highest BCUT2D eigenvalue weighted by Crippen LogP contribution is 2.22. The molecule has 2 aromatic carbocycles. The van der Waals surface area contributed by atoms with Crippen molar-refractivity contribution in [1.82, 2.24) is 0 Å². The van der Waals surface area contributed by atoms with E-state index in [0.717, 1.165) is 5.56 Å². The summed E-state index contributed by atoms with van der Waals surface area (Å²) >= 11 is 5.39. The number of carboxylic acids is 1. The Bertz CT molecular complexity index is 766. The summed E-state index contributed by atoms with van der Waals surface area (Å²) in [6, 6.07) is 14.5. The molecule has 124 valence electrons. The zero-order valence-corrected chi connectivity index (χ0v) is 13.9. The number of hydrogen-bond donors (Lipinski definition) is 1. The highest BCUT2D eigenvalue weighted by molar-refractivity contribution is 6.68. The number of benzene rings is 2. The summed E-state index contributed by atoms with van der Waals surface area (Å²) in [5.74, 6) is -0.791. The van der Waals surface area contributed by atoms with E-state index in [-0.39, 0.29) is 5.56 Å². The number of hydrogen-bond acceptors (Lipinski definition) is 3. The van der Waals surface area contributed by atoms with E-state index in [0.29, 0.717) is 29.9 Å². The molecule has 0 heterocycles. The number of carbonyl (C=O) groups excluding carboxylic acids is 1. The molecule has 2 rings (SSSR count). The van der Waals surface area contributed by atoms with Gasteiger partial charge in [-0.25, -0.2) is 4.79 Å². The first-order valence-electron chi connectivity index (χ1n) is 7.39. The van der Waals surface area contributed by atoms with Crippen molar-refractivity contribution >= 4 is 28.9 Å². The number of carbonyl (C=O) groups is 2. The molecule has 0 aliphatic rings. The summed E-state index contributed by atoms with van der Waals surface area (Å²) in [4.78, 5) is 22.5. The number of rotatable bonds is 7. The minimum absolute atomic E-state index is 0.0478.